The number of urea groups is 1. The Bertz CT molecular complexity index is 1350. The number of barbiturate groups is 1. The van der Waals surface area contributed by atoms with Crippen molar-refractivity contribution in [3.05, 3.63) is 98.0 Å². The number of carbonyl (C=O) groups excluding carboxylic acids is 3. The van der Waals surface area contributed by atoms with E-state index < -0.39 is 17.8 Å². The molecular formula is C26H19Cl3N2O4. The molecule has 1 N–H and O–H groups in total. The lowest BCUT2D eigenvalue weighted by Crippen LogP contribution is -2.54. The van der Waals surface area contributed by atoms with Crippen molar-refractivity contribution in [3.8, 4) is 5.75 Å². The topological polar surface area (TPSA) is 75.7 Å². The van der Waals surface area contributed by atoms with Crippen molar-refractivity contribution >= 4 is 64.4 Å². The van der Waals surface area contributed by atoms with Crippen molar-refractivity contribution in [1.82, 2.24) is 5.32 Å². The molecule has 9 heteroatoms. The van der Waals surface area contributed by atoms with Crippen molar-refractivity contribution < 1.29 is 19.1 Å². The Labute approximate surface area is 217 Å². The van der Waals surface area contributed by atoms with Gasteiger partial charge in [-0.05, 0) is 60.5 Å². The van der Waals surface area contributed by atoms with Gasteiger partial charge in [-0.3, -0.25) is 14.9 Å². The lowest BCUT2D eigenvalue weighted by molar-refractivity contribution is -0.122. The van der Waals surface area contributed by atoms with E-state index in [9.17, 15) is 14.4 Å². The second-order valence-electron chi connectivity index (χ2n) is 7.68. The van der Waals surface area contributed by atoms with Crippen LogP contribution in [-0.4, -0.2) is 17.8 Å². The van der Waals surface area contributed by atoms with Crippen LogP contribution < -0.4 is 15.0 Å². The Morgan fingerprint density at radius 3 is 2.29 bits per heavy atom. The summed E-state index contributed by atoms with van der Waals surface area (Å²) >= 11 is 18.4. The van der Waals surface area contributed by atoms with Crippen LogP contribution in [0.2, 0.25) is 15.1 Å². The number of hydrogen-bond acceptors (Lipinski definition) is 4. The molecule has 35 heavy (non-hydrogen) atoms. The first-order chi connectivity index (χ1) is 16.8. The average molecular weight is 530 g/mol. The fourth-order valence-electron chi connectivity index (χ4n) is 3.49. The Hall–Kier alpha value is -3.32. The summed E-state index contributed by atoms with van der Waals surface area (Å²) in [5.41, 5.74) is 2.25. The Balaban J connectivity index is 1.66. The standard InChI is InChI=1S/C26H19Cl3N2O4/c1-2-15-3-8-20(9-4-15)31-25(33)21(24(32)30-26(31)34)12-17-11-18(27)7-10-23(17)35-14-16-5-6-19(28)13-22(16)29/h3-13H,2,14H2,1H3,(H,30,32,34)/b21-12+. The number of nitrogens with zero attached hydrogens (tertiary/aromatic N) is 1. The number of halogens is 3. The van der Waals surface area contributed by atoms with Crippen LogP contribution >= 0.6 is 34.8 Å². The zero-order valence-corrected chi connectivity index (χ0v) is 20.7. The van der Waals surface area contributed by atoms with E-state index in [2.05, 4.69) is 5.32 Å². The van der Waals surface area contributed by atoms with E-state index in [1.54, 1.807) is 48.5 Å². The Morgan fingerprint density at radius 2 is 1.60 bits per heavy atom. The van der Waals surface area contributed by atoms with Crippen molar-refractivity contribution in [2.24, 2.45) is 0 Å². The molecule has 0 bridgehead atoms. The highest BCUT2D eigenvalue weighted by molar-refractivity contribution is 6.39. The van der Waals surface area contributed by atoms with Gasteiger partial charge >= 0.3 is 6.03 Å². The normalized spacial score (nSPS) is 14.9. The van der Waals surface area contributed by atoms with Crippen molar-refractivity contribution in [3.63, 3.8) is 0 Å². The largest absolute Gasteiger partial charge is 0.488 e. The van der Waals surface area contributed by atoms with Gasteiger partial charge in [-0.15, -0.1) is 0 Å². The van der Waals surface area contributed by atoms with Gasteiger partial charge in [-0.25, -0.2) is 9.69 Å². The lowest BCUT2D eigenvalue weighted by Gasteiger charge is -2.26. The second kappa shape index (κ2) is 10.5. The third kappa shape index (κ3) is 5.51. The van der Waals surface area contributed by atoms with Gasteiger partial charge in [0.1, 0.15) is 17.9 Å². The molecule has 4 amide bonds. The first-order valence-corrected chi connectivity index (χ1v) is 11.8. The highest BCUT2D eigenvalue weighted by atomic mass is 35.5. The number of imide groups is 2. The summed E-state index contributed by atoms with van der Waals surface area (Å²) in [6.45, 7) is 2.11. The van der Waals surface area contributed by atoms with Gasteiger partial charge in [-0.2, -0.15) is 0 Å². The molecule has 0 aliphatic carbocycles. The molecule has 1 aliphatic rings. The highest BCUT2D eigenvalue weighted by Gasteiger charge is 2.37. The lowest BCUT2D eigenvalue weighted by atomic mass is 10.1. The predicted octanol–water partition coefficient (Wildman–Crippen LogP) is 6.45. The second-order valence-corrected chi connectivity index (χ2v) is 8.96. The number of anilines is 1. The Kier molecular flexibility index (Phi) is 7.45. The maximum absolute atomic E-state index is 13.2. The molecule has 0 aromatic heterocycles. The fourth-order valence-corrected chi connectivity index (χ4v) is 4.13. The van der Waals surface area contributed by atoms with E-state index in [0.717, 1.165) is 16.9 Å². The van der Waals surface area contributed by atoms with Crippen molar-refractivity contribution in [2.75, 3.05) is 4.90 Å². The number of hydrogen-bond donors (Lipinski definition) is 1. The molecule has 4 rings (SSSR count). The van der Waals surface area contributed by atoms with E-state index in [1.165, 1.54) is 6.08 Å². The van der Waals surface area contributed by atoms with E-state index in [-0.39, 0.29) is 12.2 Å². The number of amides is 4. The SMILES string of the molecule is CCc1ccc(N2C(=O)NC(=O)/C(=C\c3cc(Cl)ccc3OCc3ccc(Cl)cc3Cl)C2=O)cc1. The van der Waals surface area contributed by atoms with E-state index >= 15 is 0 Å². The third-order valence-electron chi connectivity index (χ3n) is 5.37. The maximum atomic E-state index is 13.2. The molecule has 3 aromatic carbocycles. The number of nitrogens with one attached hydrogen (secondary N) is 1. The molecule has 0 unspecified atom stereocenters. The van der Waals surface area contributed by atoms with Crippen LogP contribution in [0.5, 0.6) is 5.75 Å². The summed E-state index contributed by atoms with van der Waals surface area (Å²) in [4.78, 5) is 39.2. The molecule has 0 spiro atoms. The molecule has 1 aliphatic heterocycles. The van der Waals surface area contributed by atoms with Gasteiger partial charge in [0.15, 0.2) is 0 Å². The predicted molar refractivity (Wildman–Crippen MR) is 137 cm³/mol. The minimum Gasteiger partial charge on any atom is -0.488 e. The molecule has 6 nitrogen and oxygen atoms in total. The van der Waals surface area contributed by atoms with Gasteiger partial charge in [0.05, 0.1) is 5.69 Å². The van der Waals surface area contributed by atoms with E-state index in [1.807, 2.05) is 19.1 Å². The number of benzene rings is 3. The molecule has 1 heterocycles. The number of rotatable bonds is 6. The van der Waals surface area contributed by atoms with Crippen LogP contribution in [0.1, 0.15) is 23.6 Å². The molecule has 1 fully saturated rings. The molecule has 178 valence electrons. The molecule has 0 saturated carbocycles. The van der Waals surface area contributed by atoms with Crippen LogP contribution in [0.15, 0.2) is 66.2 Å². The summed E-state index contributed by atoms with van der Waals surface area (Å²) < 4.78 is 5.91. The van der Waals surface area contributed by atoms with Gasteiger partial charge in [0, 0.05) is 26.2 Å². The summed E-state index contributed by atoms with van der Waals surface area (Å²) in [6, 6.07) is 16.0. The fraction of sp³-hybridized carbons (Fsp3) is 0.115. The molecule has 3 aromatic rings. The van der Waals surface area contributed by atoms with Gasteiger partial charge in [-0.1, -0.05) is 59.9 Å². The third-order valence-corrected chi connectivity index (χ3v) is 6.20. The minimum absolute atomic E-state index is 0.113. The van der Waals surface area contributed by atoms with Crippen LogP contribution in [-0.2, 0) is 22.6 Å². The number of ether oxygens (including phenoxy) is 1. The van der Waals surface area contributed by atoms with Gasteiger partial charge < -0.3 is 4.74 Å². The van der Waals surface area contributed by atoms with Gasteiger partial charge in [0.25, 0.3) is 11.8 Å². The zero-order chi connectivity index (χ0) is 25.1. The monoisotopic (exact) mass is 528 g/mol. The van der Waals surface area contributed by atoms with Crippen LogP contribution in [0, 0.1) is 0 Å². The number of aryl methyl sites for hydroxylation is 1. The van der Waals surface area contributed by atoms with Gasteiger partial charge in [0.2, 0.25) is 0 Å². The average Bonchev–Trinajstić information content (AvgIpc) is 2.82. The summed E-state index contributed by atoms with van der Waals surface area (Å²) in [7, 11) is 0. The van der Waals surface area contributed by atoms with Crippen LogP contribution in [0.25, 0.3) is 6.08 Å². The smallest absolute Gasteiger partial charge is 0.335 e. The molecule has 0 atom stereocenters. The van der Waals surface area contributed by atoms with E-state index in [4.69, 9.17) is 39.5 Å². The van der Waals surface area contributed by atoms with Crippen molar-refractivity contribution in [2.45, 2.75) is 20.0 Å². The summed E-state index contributed by atoms with van der Waals surface area (Å²) in [5.74, 6) is -1.20. The van der Waals surface area contributed by atoms with E-state index in [0.29, 0.717) is 37.6 Å². The summed E-state index contributed by atoms with van der Waals surface area (Å²) in [6.07, 6.45) is 2.16. The highest BCUT2D eigenvalue weighted by Crippen LogP contribution is 2.30. The molecular weight excluding hydrogens is 511 g/mol. The van der Waals surface area contributed by atoms with Crippen LogP contribution in [0.4, 0.5) is 10.5 Å². The van der Waals surface area contributed by atoms with Crippen molar-refractivity contribution in [1.29, 1.82) is 0 Å². The number of carbonyl (C=O) groups is 3. The van der Waals surface area contributed by atoms with Crippen LogP contribution in [0.3, 0.4) is 0 Å². The zero-order valence-electron chi connectivity index (χ0n) is 18.5. The summed E-state index contributed by atoms with van der Waals surface area (Å²) in [5, 5.41) is 3.53. The minimum atomic E-state index is -0.818. The molecule has 0 radical (unpaired) electrons. The first-order valence-electron chi connectivity index (χ1n) is 10.6. The first kappa shape index (κ1) is 24.8. The molecule has 1 saturated heterocycles. The quantitative estimate of drug-likeness (QED) is 0.294. The maximum Gasteiger partial charge on any atom is 0.335 e. The Morgan fingerprint density at radius 1 is 0.914 bits per heavy atom.